The van der Waals surface area contributed by atoms with Crippen molar-refractivity contribution in [3.63, 3.8) is 0 Å². The lowest BCUT2D eigenvalue weighted by atomic mass is 10.1. The highest BCUT2D eigenvalue weighted by Crippen LogP contribution is 2.14. The molecular formula is C11H23N3O. The summed E-state index contributed by atoms with van der Waals surface area (Å²) in [4.78, 5) is 13.1. The summed E-state index contributed by atoms with van der Waals surface area (Å²) in [6.45, 7) is 10.1. The van der Waals surface area contributed by atoms with Crippen LogP contribution in [0.3, 0.4) is 0 Å². The standard InChI is InChI=1S/C11H23N3O/c1-3-14-7-4-11(9-14)8-12-5-6-13-10(2)15/h11-12H,3-9H2,1-2H3,(H,13,15). The molecule has 0 aromatic rings. The van der Waals surface area contributed by atoms with Crippen molar-refractivity contribution in [1.29, 1.82) is 0 Å². The normalized spacial score (nSPS) is 21.9. The van der Waals surface area contributed by atoms with Gasteiger partial charge in [-0.25, -0.2) is 0 Å². The van der Waals surface area contributed by atoms with Gasteiger partial charge in [0, 0.05) is 26.6 Å². The first-order valence-corrected chi connectivity index (χ1v) is 5.90. The van der Waals surface area contributed by atoms with Crippen molar-refractivity contribution in [3.8, 4) is 0 Å². The second kappa shape index (κ2) is 6.80. The fourth-order valence-corrected chi connectivity index (χ4v) is 2.00. The van der Waals surface area contributed by atoms with Crippen LogP contribution in [0, 0.1) is 5.92 Å². The second-order valence-electron chi connectivity index (χ2n) is 4.24. The van der Waals surface area contributed by atoms with Crippen LogP contribution in [-0.4, -0.2) is 50.1 Å². The molecule has 0 aliphatic carbocycles. The zero-order valence-corrected chi connectivity index (χ0v) is 9.88. The van der Waals surface area contributed by atoms with E-state index >= 15 is 0 Å². The minimum absolute atomic E-state index is 0.0508. The third-order valence-corrected chi connectivity index (χ3v) is 2.93. The fourth-order valence-electron chi connectivity index (χ4n) is 2.00. The van der Waals surface area contributed by atoms with Crippen molar-refractivity contribution in [2.45, 2.75) is 20.3 Å². The van der Waals surface area contributed by atoms with Crippen molar-refractivity contribution in [2.75, 3.05) is 39.3 Å². The van der Waals surface area contributed by atoms with E-state index in [0.29, 0.717) is 0 Å². The smallest absolute Gasteiger partial charge is 0.216 e. The number of hydrogen-bond acceptors (Lipinski definition) is 3. The number of carbonyl (C=O) groups is 1. The lowest BCUT2D eigenvalue weighted by molar-refractivity contribution is -0.118. The monoisotopic (exact) mass is 213 g/mol. The summed E-state index contributed by atoms with van der Waals surface area (Å²) in [6, 6.07) is 0. The van der Waals surface area contributed by atoms with E-state index in [1.54, 1.807) is 6.92 Å². The van der Waals surface area contributed by atoms with Gasteiger partial charge in [-0.1, -0.05) is 6.92 Å². The molecule has 1 amide bonds. The summed E-state index contributed by atoms with van der Waals surface area (Å²) >= 11 is 0. The number of hydrogen-bond donors (Lipinski definition) is 2. The molecule has 4 heteroatoms. The molecule has 1 aliphatic heterocycles. The van der Waals surface area contributed by atoms with Gasteiger partial charge >= 0.3 is 0 Å². The van der Waals surface area contributed by atoms with Gasteiger partial charge in [0.2, 0.25) is 5.91 Å². The Bertz CT molecular complexity index is 196. The molecule has 2 N–H and O–H groups in total. The van der Waals surface area contributed by atoms with Gasteiger partial charge in [-0.15, -0.1) is 0 Å². The Morgan fingerprint density at radius 2 is 2.27 bits per heavy atom. The van der Waals surface area contributed by atoms with Crippen LogP contribution >= 0.6 is 0 Å². The Labute approximate surface area is 92.4 Å². The average Bonchev–Trinajstić information content (AvgIpc) is 2.65. The summed E-state index contributed by atoms with van der Waals surface area (Å²) in [5, 5.41) is 6.16. The van der Waals surface area contributed by atoms with Crippen LogP contribution in [0.25, 0.3) is 0 Å². The Morgan fingerprint density at radius 1 is 1.47 bits per heavy atom. The number of carbonyl (C=O) groups excluding carboxylic acids is 1. The van der Waals surface area contributed by atoms with Crippen LogP contribution in [0.15, 0.2) is 0 Å². The van der Waals surface area contributed by atoms with Gasteiger partial charge in [0.1, 0.15) is 0 Å². The zero-order chi connectivity index (χ0) is 11.1. The highest BCUT2D eigenvalue weighted by molar-refractivity contribution is 5.72. The van der Waals surface area contributed by atoms with Gasteiger partial charge in [-0.05, 0) is 32.0 Å². The third kappa shape index (κ3) is 5.14. The number of amides is 1. The number of rotatable bonds is 6. The van der Waals surface area contributed by atoms with Crippen molar-refractivity contribution in [3.05, 3.63) is 0 Å². The first-order valence-electron chi connectivity index (χ1n) is 5.90. The second-order valence-corrected chi connectivity index (χ2v) is 4.24. The molecule has 1 saturated heterocycles. The van der Waals surface area contributed by atoms with E-state index in [4.69, 9.17) is 0 Å². The van der Waals surface area contributed by atoms with Gasteiger partial charge in [0.05, 0.1) is 0 Å². The molecule has 0 saturated carbocycles. The lowest BCUT2D eigenvalue weighted by Crippen LogP contribution is -2.33. The van der Waals surface area contributed by atoms with Crippen LogP contribution in [0.5, 0.6) is 0 Å². The van der Waals surface area contributed by atoms with Crippen LogP contribution in [0.2, 0.25) is 0 Å². The maximum absolute atomic E-state index is 10.6. The number of nitrogens with one attached hydrogen (secondary N) is 2. The van der Waals surface area contributed by atoms with Crippen molar-refractivity contribution in [1.82, 2.24) is 15.5 Å². The predicted molar refractivity (Wildman–Crippen MR) is 61.8 cm³/mol. The lowest BCUT2D eigenvalue weighted by Gasteiger charge is -2.13. The minimum atomic E-state index is 0.0508. The summed E-state index contributed by atoms with van der Waals surface area (Å²) in [6.07, 6.45) is 1.31. The Kier molecular flexibility index (Phi) is 5.65. The quantitative estimate of drug-likeness (QED) is 0.613. The largest absolute Gasteiger partial charge is 0.355 e. The van der Waals surface area contributed by atoms with Crippen molar-refractivity contribution in [2.24, 2.45) is 5.92 Å². The van der Waals surface area contributed by atoms with E-state index in [1.807, 2.05) is 0 Å². The highest BCUT2D eigenvalue weighted by atomic mass is 16.1. The SMILES string of the molecule is CCN1CCC(CNCCNC(C)=O)C1. The predicted octanol–water partition coefficient (Wildman–Crippen LogP) is 0.0539. The average molecular weight is 213 g/mol. The molecule has 1 heterocycles. The van der Waals surface area contributed by atoms with Gasteiger partial charge in [0.15, 0.2) is 0 Å². The molecule has 0 aromatic heterocycles. The molecule has 0 aromatic carbocycles. The molecule has 4 nitrogen and oxygen atoms in total. The van der Waals surface area contributed by atoms with Crippen LogP contribution in [0.1, 0.15) is 20.3 Å². The summed E-state index contributed by atoms with van der Waals surface area (Å²) in [5.41, 5.74) is 0. The zero-order valence-electron chi connectivity index (χ0n) is 9.88. The maximum atomic E-state index is 10.6. The molecule has 0 radical (unpaired) electrons. The van der Waals surface area contributed by atoms with Gasteiger partial charge in [-0.3, -0.25) is 4.79 Å². The minimum Gasteiger partial charge on any atom is -0.355 e. The van der Waals surface area contributed by atoms with Crippen molar-refractivity contribution >= 4 is 5.91 Å². The maximum Gasteiger partial charge on any atom is 0.216 e. The highest BCUT2D eigenvalue weighted by Gasteiger charge is 2.20. The van der Waals surface area contributed by atoms with E-state index in [2.05, 4.69) is 22.5 Å². The van der Waals surface area contributed by atoms with Gasteiger partial charge in [0.25, 0.3) is 0 Å². The molecule has 15 heavy (non-hydrogen) atoms. The topological polar surface area (TPSA) is 44.4 Å². The summed E-state index contributed by atoms with van der Waals surface area (Å²) < 4.78 is 0. The molecule has 0 bridgehead atoms. The fraction of sp³-hybridized carbons (Fsp3) is 0.909. The van der Waals surface area contributed by atoms with Gasteiger partial charge < -0.3 is 15.5 Å². The molecule has 1 rings (SSSR count). The molecular weight excluding hydrogens is 190 g/mol. The Morgan fingerprint density at radius 3 is 2.87 bits per heavy atom. The summed E-state index contributed by atoms with van der Waals surface area (Å²) in [7, 11) is 0. The third-order valence-electron chi connectivity index (χ3n) is 2.93. The van der Waals surface area contributed by atoms with E-state index in [1.165, 1.54) is 26.1 Å². The van der Waals surface area contributed by atoms with Crippen molar-refractivity contribution < 1.29 is 4.79 Å². The molecule has 1 atom stereocenters. The molecule has 88 valence electrons. The first-order chi connectivity index (χ1) is 7.22. The van der Waals surface area contributed by atoms with Crippen LogP contribution < -0.4 is 10.6 Å². The van der Waals surface area contributed by atoms with E-state index in [-0.39, 0.29) is 5.91 Å². The molecule has 0 spiro atoms. The number of nitrogens with zero attached hydrogens (tertiary/aromatic N) is 1. The summed E-state index contributed by atoms with van der Waals surface area (Å²) in [5.74, 6) is 0.845. The molecule has 1 aliphatic rings. The molecule has 1 unspecified atom stereocenters. The number of likely N-dealkylation sites (tertiary alicyclic amines) is 1. The van der Waals surface area contributed by atoms with E-state index in [9.17, 15) is 4.79 Å². The Hall–Kier alpha value is -0.610. The van der Waals surface area contributed by atoms with E-state index < -0.39 is 0 Å². The van der Waals surface area contributed by atoms with Gasteiger partial charge in [-0.2, -0.15) is 0 Å². The molecule has 1 fully saturated rings. The van der Waals surface area contributed by atoms with Crippen LogP contribution in [0.4, 0.5) is 0 Å². The van der Waals surface area contributed by atoms with Crippen LogP contribution in [-0.2, 0) is 4.79 Å². The first kappa shape index (κ1) is 12.5. The van der Waals surface area contributed by atoms with E-state index in [0.717, 1.165) is 25.6 Å². The Balaban J connectivity index is 1.94.